The Morgan fingerprint density at radius 2 is 1.62 bits per heavy atom. The summed E-state index contributed by atoms with van der Waals surface area (Å²) in [6, 6.07) is 0.0243. The maximum atomic E-state index is 12.6. The first-order valence-electron chi connectivity index (χ1n) is 7.62. The van der Waals surface area contributed by atoms with Crippen LogP contribution in [0.4, 0.5) is 0 Å². The average Bonchev–Trinajstić information content (AvgIpc) is 2.96. The largest absolute Gasteiger partial charge is 0.379 e. The van der Waals surface area contributed by atoms with E-state index in [1.54, 1.807) is 7.05 Å². The molecule has 0 atom stereocenters. The number of nitrogens with zero attached hydrogens (tertiary/aromatic N) is 2. The molecule has 0 aromatic heterocycles. The second kappa shape index (κ2) is 6.10. The van der Waals surface area contributed by atoms with Crippen LogP contribution in [-0.4, -0.2) is 75.4 Å². The van der Waals surface area contributed by atoms with Crippen LogP contribution in [0.25, 0.3) is 0 Å². The Kier molecular flexibility index (Phi) is 4.54. The van der Waals surface area contributed by atoms with Gasteiger partial charge in [-0.1, -0.05) is 0 Å². The lowest BCUT2D eigenvalue weighted by molar-refractivity contribution is -0.181. The van der Waals surface area contributed by atoms with Crippen molar-refractivity contribution in [3.05, 3.63) is 0 Å². The maximum Gasteiger partial charge on any atom is 0.282 e. The molecule has 0 unspecified atom stereocenters. The molecule has 1 aliphatic carbocycles. The molecule has 3 rings (SSSR count). The molecule has 0 bridgehead atoms. The van der Waals surface area contributed by atoms with Gasteiger partial charge in [-0.25, -0.2) is 0 Å². The number of rotatable bonds is 3. The fourth-order valence-corrected chi connectivity index (χ4v) is 4.90. The Morgan fingerprint density at radius 1 is 1.05 bits per heavy atom. The van der Waals surface area contributed by atoms with Gasteiger partial charge >= 0.3 is 0 Å². The molecular formula is C13H24N2O5S. The highest BCUT2D eigenvalue weighted by Crippen LogP contribution is 2.37. The molecule has 0 N–H and O–H groups in total. The third-order valence-electron chi connectivity index (χ3n) is 4.70. The van der Waals surface area contributed by atoms with Crippen LogP contribution in [-0.2, 0) is 24.4 Å². The van der Waals surface area contributed by atoms with E-state index in [1.165, 1.54) is 8.61 Å². The molecule has 2 saturated heterocycles. The summed E-state index contributed by atoms with van der Waals surface area (Å²) in [5.41, 5.74) is 0. The van der Waals surface area contributed by atoms with Gasteiger partial charge in [0.2, 0.25) is 0 Å². The van der Waals surface area contributed by atoms with Crippen LogP contribution in [0.1, 0.15) is 25.7 Å². The van der Waals surface area contributed by atoms with Gasteiger partial charge in [-0.15, -0.1) is 0 Å². The zero-order valence-electron chi connectivity index (χ0n) is 12.5. The van der Waals surface area contributed by atoms with Crippen LogP contribution in [0.15, 0.2) is 0 Å². The number of hydrogen-bond acceptors (Lipinski definition) is 5. The average molecular weight is 320 g/mol. The fraction of sp³-hybridized carbons (Fsp3) is 1.00. The van der Waals surface area contributed by atoms with Gasteiger partial charge in [0.25, 0.3) is 10.2 Å². The van der Waals surface area contributed by atoms with E-state index in [0.717, 1.165) is 25.7 Å². The van der Waals surface area contributed by atoms with Crippen molar-refractivity contribution in [2.75, 3.05) is 46.6 Å². The van der Waals surface area contributed by atoms with Crippen LogP contribution in [0, 0.1) is 0 Å². The summed E-state index contributed by atoms with van der Waals surface area (Å²) in [6.07, 6.45) is 3.08. The lowest BCUT2D eigenvalue weighted by Gasteiger charge is -2.40. The Bertz CT molecular complexity index is 447. The van der Waals surface area contributed by atoms with Crippen LogP contribution >= 0.6 is 0 Å². The minimum absolute atomic E-state index is 0.0243. The first-order valence-corrected chi connectivity index (χ1v) is 9.02. The lowest BCUT2D eigenvalue weighted by atomic mass is 9.90. The zero-order valence-corrected chi connectivity index (χ0v) is 13.3. The van der Waals surface area contributed by atoms with Crippen LogP contribution in [0.5, 0.6) is 0 Å². The van der Waals surface area contributed by atoms with Crippen LogP contribution in [0.2, 0.25) is 0 Å². The molecule has 7 nitrogen and oxygen atoms in total. The highest BCUT2D eigenvalue weighted by molar-refractivity contribution is 7.86. The molecule has 0 radical (unpaired) electrons. The van der Waals surface area contributed by atoms with E-state index < -0.39 is 16.0 Å². The second-order valence-electron chi connectivity index (χ2n) is 5.87. The van der Waals surface area contributed by atoms with Gasteiger partial charge in [-0.2, -0.15) is 17.0 Å². The molecule has 2 heterocycles. The molecule has 2 aliphatic heterocycles. The predicted octanol–water partition coefficient (Wildman–Crippen LogP) is 0.181. The van der Waals surface area contributed by atoms with E-state index in [4.69, 9.17) is 14.2 Å². The van der Waals surface area contributed by atoms with E-state index in [-0.39, 0.29) is 6.04 Å². The van der Waals surface area contributed by atoms with Gasteiger partial charge in [-0.3, -0.25) is 0 Å². The minimum Gasteiger partial charge on any atom is -0.379 e. The topological polar surface area (TPSA) is 68.3 Å². The lowest BCUT2D eigenvalue weighted by Crippen LogP contribution is -2.52. The molecule has 122 valence electrons. The monoisotopic (exact) mass is 320 g/mol. The van der Waals surface area contributed by atoms with Crippen molar-refractivity contribution in [3.8, 4) is 0 Å². The Morgan fingerprint density at radius 3 is 2.19 bits per heavy atom. The Hall–Kier alpha value is -0.250. The van der Waals surface area contributed by atoms with Gasteiger partial charge in [0.15, 0.2) is 5.79 Å². The van der Waals surface area contributed by atoms with Crippen molar-refractivity contribution < 1.29 is 22.6 Å². The highest BCUT2D eigenvalue weighted by atomic mass is 32.2. The molecule has 8 heteroatoms. The number of hydrogen-bond donors (Lipinski definition) is 0. The molecule has 1 saturated carbocycles. The standard InChI is InChI=1S/C13H24N2O5S/c1-14(21(16,17)15-6-8-18-9-7-15)12-2-4-13(5-3-12)19-10-11-20-13/h12H,2-11H2,1H3. The summed E-state index contributed by atoms with van der Waals surface area (Å²) < 4.78 is 44.9. The van der Waals surface area contributed by atoms with Crippen molar-refractivity contribution in [1.29, 1.82) is 0 Å². The van der Waals surface area contributed by atoms with Crippen molar-refractivity contribution in [1.82, 2.24) is 8.61 Å². The van der Waals surface area contributed by atoms with E-state index in [0.29, 0.717) is 39.5 Å². The summed E-state index contributed by atoms with van der Waals surface area (Å²) in [7, 11) is -1.71. The summed E-state index contributed by atoms with van der Waals surface area (Å²) in [6.45, 7) is 3.12. The molecular weight excluding hydrogens is 296 g/mol. The van der Waals surface area contributed by atoms with Crippen molar-refractivity contribution in [2.24, 2.45) is 0 Å². The molecule has 0 aromatic rings. The third-order valence-corrected chi connectivity index (χ3v) is 6.75. The van der Waals surface area contributed by atoms with Gasteiger partial charge in [0.1, 0.15) is 0 Å². The van der Waals surface area contributed by atoms with Crippen LogP contribution < -0.4 is 0 Å². The zero-order chi connectivity index (χ0) is 14.9. The SMILES string of the molecule is CN(C1CCC2(CC1)OCCO2)S(=O)(=O)N1CCOCC1. The van der Waals surface area contributed by atoms with Gasteiger partial charge in [0.05, 0.1) is 26.4 Å². The fourth-order valence-electron chi connectivity index (χ4n) is 3.34. The van der Waals surface area contributed by atoms with Crippen molar-refractivity contribution in [2.45, 2.75) is 37.5 Å². The summed E-state index contributed by atoms with van der Waals surface area (Å²) >= 11 is 0. The molecule has 3 aliphatic rings. The van der Waals surface area contributed by atoms with E-state index >= 15 is 0 Å². The van der Waals surface area contributed by atoms with E-state index in [2.05, 4.69) is 0 Å². The minimum atomic E-state index is -3.39. The molecule has 0 aromatic carbocycles. The predicted molar refractivity (Wildman–Crippen MR) is 76.0 cm³/mol. The number of morpholine rings is 1. The van der Waals surface area contributed by atoms with Crippen molar-refractivity contribution >= 4 is 10.2 Å². The first-order chi connectivity index (χ1) is 10.0. The van der Waals surface area contributed by atoms with Crippen LogP contribution in [0.3, 0.4) is 0 Å². The maximum absolute atomic E-state index is 12.6. The first kappa shape index (κ1) is 15.6. The van der Waals surface area contributed by atoms with E-state index in [1.807, 2.05) is 0 Å². The quantitative estimate of drug-likeness (QED) is 0.742. The summed E-state index contributed by atoms with van der Waals surface area (Å²) in [5, 5.41) is 0. The van der Waals surface area contributed by atoms with Crippen molar-refractivity contribution in [3.63, 3.8) is 0 Å². The third kappa shape index (κ3) is 3.11. The van der Waals surface area contributed by atoms with E-state index in [9.17, 15) is 8.42 Å². The molecule has 0 amide bonds. The summed E-state index contributed by atoms with van der Waals surface area (Å²) in [5.74, 6) is -0.444. The van der Waals surface area contributed by atoms with Gasteiger partial charge in [0, 0.05) is 39.0 Å². The smallest absolute Gasteiger partial charge is 0.282 e. The molecule has 1 spiro atoms. The normalized spacial score (nSPS) is 28.5. The summed E-state index contributed by atoms with van der Waals surface area (Å²) in [4.78, 5) is 0. The highest BCUT2D eigenvalue weighted by Gasteiger charge is 2.43. The Labute approximate surface area is 126 Å². The van der Waals surface area contributed by atoms with Gasteiger partial charge < -0.3 is 14.2 Å². The second-order valence-corrected chi connectivity index (χ2v) is 7.86. The molecule has 21 heavy (non-hydrogen) atoms. The number of ether oxygens (including phenoxy) is 3. The Balaban J connectivity index is 1.61. The molecule has 3 fully saturated rings. The van der Waals surface area contributed by atoms with Gasteiger partial charge in [-0.05, 0) is 12.8 Å².